The fourth-order valence-corrected chi connectivity index (χ4v) is 2.17. The zero-order valence-electron chi connectivity index (χ0n) is 13.5. The Morgan fingerprint density at radius 3 is 2.67 bits per heavy atom. The monoisotopic (exact) mass is 293 g/mol. The summed E-state index contributed by atoms with van der Waals surface area (Å²) >= 11 is 0. The standard InChI is InChI=1S/C17H27NO3/c1-12(2)15-8-7-13(3)10-16(15)21-11-17(20)18-14(4)6-5-9-19/h7-8,10,12,14,19H,5-6,9,11H2,1-4H3,(H,18,20). The van der Waals surface area contributed by atoms with Crippen molar-refractivity contribution in [2.24, 2.45) is 0 Å². The quantitative estimate of drug-likeness (QED) is 0.775. The first-order valence-corrected chi connectivity index (χ1v) is 7.57. The van der Waals surface area contributed by atoms with E-state index >= 15 is 0 Å². The number of hydrogen-bond donors (Lipinski definition) is 2. The fraction of sp³-hybridized carbons (Fsp3) is 0.588. The number of rotatable bonds is 8. The summed E-state index contributed by atoms with van der Waals surface area (Å²) in [6, 6.07) is 6.13. The van der Waals surface area contributed by atoms with Gasteiger partial charge in [0.05, 0.1) is 0 Å². The summed E-state index contributed by atoms with van der Waals surface area (Å²) in [5.41, 5.74) is 2.23. The summed E-state index contributed by atoms with van der Waals surface area (Å²) < 4.78 is 5.68. The topological polar surface area (TPSA) is 58.6 Å². The Balaban J connectivity index is 2.54. The highest BCUT2D eigenvalue weighted by molar-refractivity contribution is 5.77. The van der Waals surface area contributed by atoms with Gasteiger partial charge in [0.15, 0.2) is 6.61 Å². The third kappa shape index (κ3) is 6.17. The summed E-state index contributed by atoms with van der Waals surface area (Å²) in [5.74, 6) is 1.01. The molecule has 0 aliphatic rings. The Morgan fingerprint density at radius 2 is 2.05 bits per heavy atom. The fourth-order valence-electron chi connectivity index (χ4n) is 2.17. The average molecular weight is 293 g/mol. The molecule has 0 radical (unpaired) electrons. The van der Waals surface area contributed by atoms with E-state index in [1.54, 1.807) is 0 Å². The van der Waals surface area contributed by atoms with Crippen LogP contribution in [0.1, 0.15) is 50.7 Å². The lowest BCUT2D eigenvalue weighted by Gasteiger charge is -2.16. The molecule has 0 aliphatic carbocycles. The molecule has 21 heavy (non-hydrogen) atoms. The molecule has 0 saturated carbocycles. The molecular weight excluding hydrogens is 266 g/mol. The molecule has 0 fully saturated rings. The van der Waals surface area contributed by atoms with Gasteiger partial charge in [-0.2, -0.15) is 0 Å². The van der Waals surface area contributed by atoms with Crippen LogP contribution in [0.25, 0.3) is 0 Å². The predicted molar refractivity (Wildman–Crippen MR) is 84.7 cm³/mol. The third-order valence-electron chi connectivity index (χ3n) is 3.35. The molecule has 1 rings (SSSR count). The van der Waals surface area contributed by atoms with Crippen LogP contribution in [0.3, 0.4) is 0 Å². The number of ether oxygens (including phenoxy) is 1. The molecule has 1 amide bonds. The van der Waals surface area contributed by atoms with E-state index in [1.807, 2.05) is 19.9 Å². The van der Waals surface area contributed by atoms with Crippen LogP contribution in [-0.4, -0.2) is 30.3 Å². The van der Waals surface area contributed by atoms with E-state index in [0.717, 1.165) is 23.3 Å². The Bertz CT molecular complexity index is 457. The van der Waals surface area contributed by atoms with Crippen LogP contribution in [0.15, 0.2) is 18.2 Å². The normalized spacial score (nSPS) is 12.3. The van der Waals surface area contributed by atoms with Gasteiger partial charge in [0, 0.05) is 12.6 Å². The van der Waals surface area contributed by atoms with Crippen molar-refractivity contribution in [1.29, 1.82) is 0 Å². The minimum Gasteiger partial charge on any atom is -0.483 e. The van der Waals surface area contributed by atoms with Crippen molar-refractivity contribution < 1.29 is 14.6 Å². The van der Waals surface area contributed by atoms with Gasteiger partial charge in [0.2, 0.25) is 0 Å². The van der Waals surface area contributed by atoms with Crippen LogP contribution in [0.4, 0.5) is 0 Å². The number of aryl methyl sites for hydroxylation is 1. The summed E-state index contributed by atoms with van der Waals surface area (Å²) in [7, 11) is 0. The molecule has 0 bridgehead atoms. The number of hydrogen-bond acceptors (Lipinski definition) is 3. The number of aliphatic hydroxyl groups is 1. The van der Waals surface area contributed by atoms with E-state index in [9.17, 15) is 4.79 Å². The summed E-state index contributed by atoms with van der Waals surface area (Å²) in [6.45, 7) is 8.32. The summed E-state index contributed by atoms with van der Waals surface area (Å²) in [4.78, 5) is 11.9. The van der Waals surface area contributed by atoms with Crippen LogP contribution < -0.4 is 10.1 Å². The number of aliphatic hydroxyl groups excluding tert-OH is 1. The zero-order chi connectivity index (χ0) is 15.8. The minimum atomic E-state index is -0.128. The molecule has 118 valence electrons. The van der Waals surface area contributed by atoms with Gasteiger partial charge in [0.25, 0.3) is 5.91 Å². The molecule has 4 heteroatoms. The van der Waals surface area contributed by atoms with Crippen molar-refractivity contribution in [3.63, 3.8) is 0 Å². The Labute approximate surface area is 127 Å². The highest BCUT2D eigenvalue weighted by Crippen LogP contribution is 2.27. The predicted octanol–water partition coefficient (Wildman–Crippen LogP) is 2.77. The van der Waals surface area contributed by atoms with Gasteiger partial charge < -0.3 is 15.2 Å². The van der Waals surface area contributed by atoms with Gasteiger partial charge in [-0.05, 0) is 49.8 Å². The molecule has 1 aromatic rings. The lowest BCUT2D eigenvalue weighted by Crippen LogP contribution is -2.36. The third-order valence-corrected chi connectivity index (χ3v) is 3.35. The van der Waals surface area contributed by atoms with Crippen molar-refractivity contribution >= 4 is 5.91 Å². The Hall–Kier alpha value is -1.55. The maximum absolute atomic E-state index is 11.9. The smallest absolute Gasteiger partial charge is 0.258 e. The number of carbonyl (C=O) groups is 1. The largest absolute Gasteiger partial charge is 0.483 e. The van der Waals surface area contributed by atoms with Crippen molar-refractivity contribution in [3.8, 4) is 5.75 Å². The van der Waals surface area contributed by atoms with E-state index in [-0.39, 0.29) is 25.2 Å². The molecular formula is C17H27NO3. The molecule has 0 aromatic heterocycles. The summed E-state index contributed by atoms with van der Waals surface area (Å²) in [5, 5.41) is 11.6. The molecule has 1 atom stereocenters. The van der Waals surface area contributed by atoms with E-state index in [2.05, 4.69) is 31.3 Å². The van der Waals surface area contributed by atoms with E-state index in [1.165, 1.54) is 0 Å². The van der Waals surface area contributed by atoms with Gasteiger partial charge in [-0.25, -0.2) is 0 Å². The van der Waals surface area contributed by atoms with Gasteiger partial charge in [0.1, 0.15) is 5.75 Å². The second-order valence-electron chi connectivity index (χ2n) is 5.82. The highest BCUT2D eigenvalue weighted by Gasteiger charge is 2.11. The lowest BCUT2D eigenvalue weighted by atomic mass is 10.0. The first-order valence-electron chi connectivity index (χ1n) is 7.57. The molecule has 0 heterocycles. The maximum atomic E-state index is 11.9. The van der Waals surface area contributed by atoms with Crippen molar-refractivity contribution in [2.75, 3.05) is 13.2 Å². The number of benzene rings is 1. The molecule has 2 N–H and O–H groups in total. The number of amides is 1. The molecule has 0 saturated heterocycles. The van der Waals surface area contributed by atoms with E-state index in [4.69, 9.17) is 9.84 Å². The first-order chi connectivity index (χ1) is 9.93. The van der Waals surface area contributed by atoms with E-state index < -0.39 is 0 Å². The van der Waals surface area contributed by atoms with Crippen molar-refractivity contribution in [3.05, 3.63) is 29.3 Å². The molecule has 0 aliphatic heterocycles. The van der Waals surface area contributed by atoms with Crippen LogP contribution in [0.5, 0.6) is 5.75 Å². The first kappa shape index (κ1) is 17.5. The molecule has 1 aromatic carbocycles. The summed E-state index contributed by atoms with van der Waals surface area (Å²) in [6.07, 6.45) is 1.46. The second kappa shape index (κ2) is 8.67. The zero-order valence-corrected chi connectivity index (χ0v) is 13.5. The van der Waals surface area contributed by atoms with E-state index in [0.29, 0.717) is 12.3 Å². The van der Waals surface area contributed by atoms with Gasteiger partial charge in [-0.1, -0.05) is 26.0 Å². The van der Waals surface area contributed by atoms with Crippen LogP contribution in [0, 0.1) is 6.92 Å². The molecule has 0 spiro atoms. The van der Waals surface area contributed by atoms with Crippen molar-refractivity contribution in [1.82, 2.24) is 5.32 Å². The molecule has 1 unspecified atom stereocenters. The maximum Gasteiger partial charge on any atom is 0.258 e. The Kier molecular flexibility index (Phi) is 7.23. The Morgan fingerprint density at radius 1 is 1.33 bits per heavy atom. The lowest BCUT2D eigenvalue weighted by molar-refractivity contribution is -0.123. The second-order valence-corrected chi connectivity index (χ2v) is 5.82. The van der Waals surface area contributed by atoms with Crippen molar-refractivity contribution in [2.45, 2.75) is 52.5 Å². The van der Waals surface area contributed by atoms with Crippen LogP contribution in [-0.2, 0) is 4.79 Å². The number of nitrogens with one attached hydrogen (secondary N) is 1. The van der Waals surface area contributed by atoms with Crippen LogP contribution >= 0.6 is 0 Å². The SMILES string of the molecule is Cc1ccc(C(C)C)c(OCC(=O)NC(C)CCCO)c1. The average Bonchev–Trinajstić information content (AvgIpc) is 2.42. The van der Waals surface area contributed by atoms with Crippen LogP contribution in [0.2, 0.25) is 0 Å². The minimum absolute atomic E-state index is 0.0205. The van der Waals surface area contributed by atoms with Gasteiger partial charge >= 0.3 is 0 Å². The number of carbonyl (C=O) groups excluding carboxylic acids is 1. The van der Waals surface area contributed by atoms with Gasteiger partial charge in [-0.3, -0.25) is 4.79 Å². The highest BCUT2D eigenvalue weighted by atomic mass is 16.5. The molecule has 4 nitrogen and oxygen atoms in total. The van der Waals surface area contributed by atoms with Gasteiger partial charge in [-0.15, -0.1) is 0 Å².